The SMILES string of the molecule is COc1ccc(CN(C(=O)[C@@H]2CCC[C@@H]2CN)c2nccs2)c(OC)c1.Cl. The average Bonchev–Trinajstić information content (AvgIpc) is 3.36. The van der Waals surface area contributed by atoms with Crippen LogP contribution in [0.5, 0.6) is 11.5 Å². The van der Waals surface area contributed by atoms with Crippen LogP contribution in [0.3, 0.4) is 0 Å². The summed E-state index contributed by atoms with van der Waals surface area (Å²) in [6.07, 6.45) is 4.68. The minimum absolute atomic E-state index is 0. The van der Waals surface area contributed by atoms with Gasteiger partial charge in [-0.25, -0.2) is 4.98 Å². The molecule has 1 fully saturated rings. The highest BCUT2D eigenvalue weighted by molar-refractivity contribution is 7.13. The molecule has 0 aliphatic heterocycles. The van der Waals surface area contributed by atoms with Crippen molar-refractivity contribution < 1.29 is 14.3 Å². The van der Waals surface area contributed by atoms with Crippen LogP contribution in [0, 0.1) is 11.8 Å². The zero-order valence-electron chi connectivity index (χ0n) is 15.6. The number of ether oxygens (including phenoxy) is 2. The van der Waals surface area contributed by atoms with Crippen molar-refractivity contribution >= 4 is 34.8 Å². The predicted molar refractivity (Wildman–Crippen MR) is 110 cm³/mol. The summed E-state index contributed by atoms with van der Waals surface area (Å²) in [6.45, 7) is 0.960. The van der Waals surface area contributed by atoms with E-state index < -0.39 is 0 Å². The third kappa shape index (κ3) is 4.72. The largest absolute Gasteiger partial charge is 0.497 e. The fraction of sp³-hybridized carbons (Fsp3) is 0.474. The number of hydrogen-bond acceptors (Lipinski definition) is 6. The Labute approximate surface area is 170 Å². The highest BCUT2D eigenvalue weighted by Gasteiger charge is 2.36. The topological polar surface area (TPSA) is 77.7 Å². The normalized spacial score (nSPS) is 18.6. The number of nitrogens with two attached hydrogens (primary N) is 1. The van der Waals surface area contributed by atoms with E-state index in [1.165, 1.54) is 11.3 Å². The van der Waals surface area contributed by atoms with Crippen molar-refractivity contribution in [2.45, 2.75) is 25.8 Å². The molecule has 0 unspecified atom stereocenters. The second-order valence-electron chi connectivity index (χ2n) is 6.45. The number of methoxy groups -OCH3 is 2. The molecule has 2 N–H and O–H groups in total. The van der Waals surface area contributed by atoms with Crippen molar-refractivity contribution in [3.05, 3.63) is 35.3 Å². The third-order valence-electron chi connectivity index (χ3n) is 5.02. The molecule has 2 aromatic rings. The summed E-state index contributed by atoms with van der Waals surface area (Å²) in [5, 5.41) is 2.59. The van der Waals surface area contributed by atoms with E-state index in [1.54, 1.807) is 25.3 Å². The molecule has 1 aliphatic rings. The Morgan fingerprint density at radius 2 is 2.15 bits per heavy atom. The number of benzene rings is 1. The molecular formula is C19H26ClN3O3S. The maximum absolute atomic E-state index is 13.3. The van der Waals surface area contributed by atoms with Crippen molar-refractivity contribution in [1.29, 1.82) is 0 Å². The zero-order valence-corrected chi connectivity index (χ0v) is 17.2. The van der Waals surface area contributed by atoms with Crippen molar-refractivity contribution in [2.24, 2.45) is 17.6 Å². The lowest BCUT2D eigenvalue weighted by molar-refractivity contribution is -0.123. The van der Waals surface area contributed by atoms with E-state index in [-0.39, 0.29) is 30.2 Å². The first kappa shape index (κ1) is 21.5. The first-order valence-electron chi connectivity index (χ1n) is 8.79. The molecule has 0 radical (unpaired) electrons. The third-order valence-corrected chi connectivity index (χ3v) is 5.81. The molecule has 0 saturated heterocycles. The number of hydrogen-bond donors (Lipinski definition) is 1. The van der Waals surface area contributed by atoms with Gasteiger partial charge >= 0.3 is 0 Å². The molecule has 2 atom stereocenters. The Kier molecular flexibility index (Phi) is 7.89. The Balaban J connectivity index is 0.00000261. The quantitative estimate of drug-likeness (QED) is 0.754. The molecule has 0 spiro atoms. The molecule has 1 aromatic heterocycles. The molecule has 0 bridgehead atoms. The van der Waals surface area contributed by atoms with E-state index in [2.05, 4.69) is 4.98 Å². The Bertz CT molecular complexity index is 742. The number of amides is 1. The van der Waals surface area contributed by atoms with Gasteiger partial charge in [-0.2, -0.15) is 0 Å². The summed E-state index contributed by atoms with van der Waals surface area (Å²) in [5.41, 5.74) is 6.81. The minimum Gasteiger partial charge on any atom is -0.497 e. The second-order valence-corrected chi connectivity index (χ2v) is 7.32. The maximum Gasteiger partial charge on any atom is 0.232 e. The lowest BCUT2D eigenvalue weighted by Crippen LogP contribution is -2.38. The average molecular weight is 412 g/mol. The van der Waals surface area contributed by atoms with E-state index in [0.717, 1.165) is 30.6 Å². The standard InChI is InChI=1S/C19H25N3O3S.ClH/c1-24-15-7-6-14(17(10-15)25-2)12-22(19-21-8-9-26-19)18(23)16-5-3-4-13(16)11-20;/h6-10,13,16H,3-5,11-12,20H2,1-2H3;1H/t13-,16-;/m1./s1. The van der Waals surface area contributed by atoms with E-state index in [9.17, 15) is 4.79 Å². The van der Waals surface area contributed by atoms with Gasteiger partial charge in [-0.3, -0.25) is 9.69 Å². The molecule has 148 valence electrons. The van der Waals surface area contributed by atoms with Crippen molar-refractivity contribution in [2.75, 3.05) is 25.7 Å². The predicted octanol–water partition coefficient (Wildman–Crippen LogP) is 3.49. The van der Waals surface area contributed by atoms with Gasteiger partial charge in [0.1, 0.15) is 11.5 Å². The molecule has 27 heavy (non-hydrogen) atoms. The summed E-state index contributed by atoms with van der Waals surface area (Å²) in [5.74, 6) is 1.74. The number of carbonyl (C=O) groups excluding carboxylic acids is 1. The Morgan fingerprint density at radius 3 is 2.78 bits per heavy atom. The monoisotopic (exact) mass is 411 g/mol. The lowest BCUT2D eigenvalue weighted by Gasteiger charge is -2.27. The number of anilines is 1. The van der Waals surface area contributed by atoms with Crippen molar-refractivity contribution in [3.8, 4) is 11.5 Å². The van der Waals surface area contributed by atoms with Gasteiger partial charge in [0.2, 0.25) is 5.91 Å². The van der Waals surface area contributed by atoms with Crippen LogP contribution in [0.25, 0.3) is 0 Å². The van der Waals surface area contributed by atoms with Gasteiger partial charge in [0.15, 0.2) is 5.13 Å². The van der Waals surface area contributed by atoms with Gasteiger partial charge in [-0.15, -0.1) is 23.7 Å². The van der Waals surface area contributed by atoms with Gasteiger partial charge in [0, 0.05) is 29.1 Å². The van der Waals surface area contributed by atoms with Crippen LogP contribution >= 0.6 is 23.7 Å². The van der Waals surface area contributed by atoms with Gasteiger partial charge in [-0.1, -0.05) is 6.42 Å². The fourth-order valence-corrected chi connectivity index (χ4v) is 4.23. The molecule has 1 saturated carbocycles. The molecule has 8 heteroatoms. The van der Waals surface area contributed by atoms with Gasteiger partial charge in [0.05, 0.1) is 20.8 Å². The van der Waals surface area contributed by atoms with Crippen LogP contribution in [0.4, 0.5) is 5.13 Å². The van der Waals surface area contributed by atoms with Crippen molar-refractivity contribution in [3.63, 3.8) is 0 Å². The Morgan fingerprint density at radius 1 is 1.33 bits per heavy atom. The van der Waals surface area contributed by atoms with Crippen LogP contribution < -0.4 is 20.1 Å². The zero-order chi connectivity index (χ0) is 18.5. The number of nitrogens with zero attached hydrogens (tertiary/aromatic N) is 2. The van der Waals surface area contributed by atoms with Crippen LogP contribution in [0.15, 0.2) is 29.8 Å². The molecule has 1 aliphatic carbocycles. The van der Waals surface area contributed by atoms with Gasteiger partial charge < -0.3 is 15.2 Å². The summed E-state index contributed by atoms with van der Waals surface area (Å²) in [4.78, 5) is 19.5. The first-order chi connectivity index (χ1) is 12.7. The van der Waals surface area contributed by atoms with E-state index in [0.29, 0.717) is 24.0 Å². The van der Waals surface area contributed by atoms with E-state index in [1.807, 2.05) is 23.6 Å². The number of aromatic nitrogens is 1. The summed E-state index contributed by atoms with van der Waals surface area (Å²) < 4.78 is 10.8. The lowest BCUT2D eigenvalue weighted by atomic mass is 9.94. The molecule has 1 heterocycles. The van der Waals surface area contributed by atoms with E-state index >= 15 is 0 Å². The molecule has 1 amide bonds. The molecule has 6 nitrogen and oxygen atoms in total. The second kappa shape index (κ2) is 9.92. The van der Waals surface area contributed by atoms with E-state index in [4.69, 9.17) is 15.2 Å². The van der Waals surface area contributed by atoms with Crippen LogP contribution in [0.2, 0.25) is 0 Å². The van der Waals surface area contributed by atoms with Crippen LogP contribution in [0.1, 0.15) is 24.8 Å². The first-order valence-corrected chi connectivity index (χ1v) is 9.67. The smallest absolute Gasteiger partial charge is 0.232 e. The van der Waals surface area contributed by atoms with Crippen molar-refractivity contribution in [1.82, 2.24) is 4.98 Å². The Hall–Kier alpha value is -1.83. The summed E-state index contributed by atoms with van der Waals surface area (Å²) in [6, 6.07) is 5.64. The number of halogens is 1. The number of thiazole rings is 1. The molecule has 1 aromatic carbocycles. The summed E-state index contributed by atoms with van der Waals surface area (Å²) in [7, 11) is 3.24. The fourth-order valence-electron chi connectivity index (χ4n) is 3.59. The van der Waals surface area contributed by atoms with Crippen LogP contribution in [-0.4, -0.2) is 31.7 Å². The van der Waals surface area contributed by atoms with Gasteiger partial charge in [-0.05, 0) is 37.4 Å². The minimum atomic E-state index is -0.0341. The van der Waals surface area contributed by atoms with Gasteiger partial charge in [0.25, 0.3) is 0 Å². The highest BCUT2D eigenvalue weighted by atomic mass is 35.5. The summed E-state index contributed by atoms with van der Waals surface area (Å²) >= 11 is 1.46. The maximum atomic E-state index is 13.3. The highest BCUT2D eigenvalue weighted by Crippen LogP contribution is 2.35. The number of carbonyl (C=O) groups is 1. The molecule has 3 rings (SSSR count). The molecular weight excluding hydrogens is 386 g/mol. The number of rotatable bonds is 7. The van der Waals surface area contributed by atoms with Crippen LogP contribution in [-0.2, 0) is 11.3 Å².